The predicted octanol–water partition coefficient (Wildman–Crippen LogP) is 5.44. The average molecular weight is 376 g/mol. The summed E-state index contributed by atoms with van der Waals surface area (Å²) in [6, 6.07) is 20.6. The number of hydrogen-bond acceptors (Lipinski definition) is 2. The Kier molecular flexibility index (Phi) is 6.70. The number of fused-ring (bicyclic) bond motifs is 1. The summed E-state index contributed by atoms with van der Waals surface area (Å²) >= 11 is 0. The van der Waals surface area contributed by atoms with E-state index in [9.17, 15) is 4.79 Å². The fourth-order valence-corrected chi connectivity index (χ4v) is 3.43. The minimum atomic E-state index is -0.499. The van der Waals surface area contributed by atoms with Gasteiger partial charge in [-0.2, -0.15) is 0 Å². The first kappa shape index (κ1) is 19.9. The molecule has 0 aliphatic rings. The Morgan fingerprint density at radius 1 is 0.893 bits per heavy atom. The summed E-state index contributed by atoms with van der Waals surface area (Å²) in [6.45, 7) is 6.80. The molecule has 146 valence electrons. The predicted molar refractivity (Wildman–Crippen MR) is 116 cm³/mol. The maximum Gasteiger partial charge on any atom is 0.261 e. The normalized spacial score (nSPS) is 12.0. The standard InChI is InChI=1S/C25H29NO2/c1-4-18-11-12-19(5-2)22(15-18)17-26-25(27)24(6-3)28-23-14-13-20-9-7-8-10-21(20)16-23/h7-16,24H,4-6,17H2,1-3H3,(H,26,27). The van der Waals surface area contributed by atoms with Gasteiger partial charge in [-0.05, 0) is 58.9 Å². The molecule has 3 rings (SSSR count). The van der Waals surface area contributed by atoms with E-state index in [1.165, 1.54) is 16.7 Å². The zero-order valence-electron chi connectivity index (χ0n) is 17.0. The topological polar surface area (TPSA) is 38.3 Å². The first-order chi connectivity index (χ1) is 13.6. The van der Waals surface area contributed by atoms with E-state index in [-0.39, 0.29) is 5.91 Å². The number of hydrogen-bond donors (Lipinski definition) is 1. The van der Waals surface area contributed by atoms with Crippen molar-refractivity contribution >= 4 is 16.7 Å². The summed E-state index contributed by atoms with van der Waals surface area (Å²) < 4.78 is 6.01. The van der Waals surface area contributed by atoms with Crippen molar-refractivity contribution in [3.63, 3.8) is 0 Å². The molecule has 3 nitrogen and oxygen atoms in total. The summed E-state index contributed by atoms with van der Waals surface area (Å²) in [6.07, 6.45) is 2.07. The fourth-order valence-electron chi connectivity index (χ4n) is 3.43. The molecule has 0 aliphatic heterocycles. The number of rotatable bonds is 8. The van der Waals surface area contributed by atoms with Gasteiger partial charge in [0.05, 0.1) is 0 Å². The van der Waals surface area contributed by atoms with Crippen LogP contribution in [0.25, 0.3) is 10.8 Å². The largest absolute Gasteiger partial charge is 0.481 e. The highest BCUT2D eigenvalue weighted by atomic mass is 16.5. The van der Waals surface area contributed by atoms with E-state index >= 15 is 0 Å². The molecule has 1 unspecified atom stereocenters. The molecular weight excluding hydrogens is 346 g/mol. The van der Waals surface area contributed by atoms with Gasteiger partial charge in [-0.1, -0.05) is 69.3 Å². The average Bonchev–Trinajstić information content (AvgIpc) is 2.75. The van der Waals surface area contributed by atoms with E-state index in [1.54, 1.807) is 0 Å². The number of ether oxygens (including phenoxy) is 1. The third kappa shape index (κ3) is 4.72. The van der Waals surface area contributed by atoms with Crippen molar-refractivity contribution < 1.29 is 9.53 Å². The van der Waals surface area contributed by atoms with Crippen LogP contribution in [0.4, 0.5) is 0 Å². The second-order valence-electron chi connectivity index (χ2n) is 7.05. The molecule has 1 amide bonds. The third-order valence-electron chi connectivity index (χ3n) is 5.18. The number of carbonyl (C=O) groups is 1. The number of aryl methyl sites for hydroxylation is 2. The highest BCUT2D eigenvalue weighted by molar-refractivity contribution is 5.84. The van der Waals surface area contributed by atoms with Crippen LogP contribution in [-0.2, 0) is 24.2 Å². The zero-order valence-corrected chi connectivity index (χ0v) is 17.0. The van der Waals surface area contributed by atoms with E-state index in [4.69, 9.17) is 4.74 Å². The highest BCUT2D eigenvalue weighted by Crippen LogP contribution is 2.22. The maximum absolute atomic E-state index is 12.7. The van der Waals surface area contributed by atoms with Gasteiger partial charge < -0.3 is 10.1 Å². The van der Waals surface area contributed by atoms with E-state index in [1.807, 2.05) is 37.3 Å². The first-order valence-corrected chi connectivity index (χ1v) is 10.2. The zero-order chi connectivity index (χ0) is 19.9. The summed E-state index contributed by atoms with van der Waals surface area (Å²) in [7, 11) is 0. The maximum atomic E-state index is 12.7. The van der Waals surface area contributed by atoms with Crippen LogP contribution in [0.2, 0.25) is 0 Å². The van der Waals surface area contributed by atoms with Crippen LogP contribution in [0.1, 0.15) is 43.9 Å². The minimum Gasteiger partial charge on any atom is -0.481 e. The van der Waals surface area contributed by atoms with Crippen LogP contribution in [-0.4, -0.2) is 12.0 Å². The van der Waals surface area contributed by atoms with Crippen molar-refractivity contribution in [3.05, 3.63) is 77.4 Å². The molecule has 1 atom stereocenters. The molecule has 0 radical (unpaired) electrons. The number of amides is 1. The van der Waals surface area contributed by atoms with Crippen molar-refractivity contribution in [2.45, 2.75) is 52.7 Å². The Bertz CT molecular complexity index is 948. The Morgan fingerprint density at radius 2 is 1.68 bits per heavy atom. The number of nitrogens with one attached hydrogen (secondary N) is 1. The van der Waals surface area contributed by atoms with Gasteiger partial charge in [0.15, 0.2) is 6.10 Å². The lowest BCUT2D eigenvalue weighted by Gasteiger charge is -2.18. The second kappa shape index (κ2) is 9.41. The quantitative estimate of drug-likeness (QED) is 0.569. The van der Waals surface area contributed by atoms with Crippen LogP contribution < -0.4 is 10.1 Å². The Balaban J connectivity index is 1.68. The molecule has 1 N–H and O–H groups in total. The van der Waals surface area contributed by atoms with Gasteiger partial charge >= 0.3 is 0 Å². The molecule has 0 spiro atoms. The third-order valence-corrected chi connectivity index (χ3v) is 5.18. The monoisotopic (exact) mass is 375 g/mol. The molecule has 0 saturated heterocycles. The number of carbonyl (C=O) groups excluding carboxylic acids is 1. The van der Waals surface area contributed by atoms with Gasteiger partial charge in [-0.25, -0.2) is 0 Å². The lowest BCUT2D eigenvalue weighted by atomic mass is 10.0. The van der Waals surface area contributed by atoms with Crippen LogP contribution >= 0.6 is 0 Å². The molecule has 0 bridgehead atoms. The van der Waals surface area contributed by atoms with Gasteiger partial charge in [0, 0.05) is 6.54 Å². The second-order valence-corrected chi connectivity index (χ2v) is 7.05. The molecule has 3 heteroatoms. The van der Waals surface area contributed by atoms with Crippen molar-refractivity contribution in [1.82, 2.24) is 5.32 Å². The molecule has 3 aromatic carbocycles. The van der Waals surface area contributed by atoms with Crippen LogP contribution in [0, 0.1) is 0 Å². The van der Waals surface area contributed by atoms with E-state index in [0.29, 0.717) is 13.0 Å². The molecule has 0 fully saturated rings. The van der Waals surface area contributed by atoms with E-state index in [2.05, 4.69) is 49.5 Å². The van der Waals surface area contributed by atoms with Gasteiger partial charge in [0.1, 0.15) is 5.75 Å². The Labute approximate surface area is 167 Å². The van der Waals surface area contributed by atoms with Gasteiger partial charge in [-0.15, -0.1) is 0 Å². The summed E-state index contributed by atoms with van der Waals surface area (Å²) in [5.74, 6) is 0.655. The molecule has 0 heterocycles. The lowest BCUT2D eigenvalue weighted by Crippen LogP contribution is -2.37. The number of benzene rings is 3. The van der Waals surface area contributed by atoms with Crippen LogP contribution in [0.5, 0.6) is 5.75 Å². The van der Waals surface area contributed by atoms with Gasteiger partial charge in [-0.3, -0.25) is 4.79 Å². The SMILES string of the molecule is CCc1ccc(CC)c(CNC(=O)C(CC)Oc2ccc3ccccc3c2)c1. The fraction of sp³-hybridized carbons (Fsp3) is 0.320. The first-order valence-electron chi connectivity index (χ1n) is 10.2. The molecule has 0 saturated carbocycles. The highest BCUT2D eigenvalue weighted by Gasteiger charge is 2.18. The molecule has 3 aromatic rings. The minimum absolute atomic E-state index is 0.0698. The van der Waals surface area contributed by atoms with Crippen molar-refractivity contribution in [2.75, 3.05) is 0 Å². The van der Waals surface area contributed by atoms with Crippen LogP contribution in [0.15, 0.2) is 60.7 Å². The van der Waals surface area contributed by atoms with Crippen LogP contribution in [0.3, 0.4) is 0 Å². The van der Waals surface area contributed by atoms with Gasteiger partial charge in [0.25, 0.3) is 5.91 Å². The summed E-state index contributed by atoms with van der Waals surface area (Å²) in [5.41, 5.74) is 3.76. The molecule has 0 aliphatic carbocycles. The van der Waals surface area contributed by atoms with Crippen molar-refractivity contribution in [3.8, 4) is 5.75 Å². The summed E-state index contributed by atoms with van der Waals surface area (Å²) in [5, 5.41) is 5.34. The summed E-state index contributed by atoms with van der Waals surface area (Å²) in [4.78, 5) is 12.7. The smallest absolute Gasteiger partial charge is 0.261 e. The van der Waals surface area contributed by atoms with Crippen molar-refractivity contribution in [1.29, 1.82) is 0 Å². The van der Waals surface area contributed by atoms with Gasteiger partial charge in [0.2, 0.25) is 0 Å². The lowest BCUT2D eigenvalue weighted by molar-refractivity contribution is -0.128. The van der Waals surface area contributed by atoms with E-state index < -0.39 is 6.10 Å². The Morgan fingerprint density at radius 3 is 2.39 bits per heavy atom. The van der Waals surface area contributed by atoms with E-state index in [0.717, 1.165) is 29.4 Å². The van der Waals surface area contributed by atoms with Crippen molar-refractivity contribution in [2.24, 2.45) is 0 Å². The molecule has 28 heavy (non-hydrogen) atoms. The Hall–Kier alpha value is -2.81. The molecular formula is C25H29NO2. The molecule has 0 aromatic heterocycles.